The molecular weight excluding hydrogens is 240 g/mol. The molecule has 6 heteroatoms. The van der Waals surface area contributed by atoms with Crippen LogP contribution in [0.4, 0.5) is 5.95 Å². The Morgan fingerprint density at radius 1 is 1.42 bits per heavy atom. The summed E-state index contributed by atoms with van der Waals surface area (Å²) >= 11 is 0. The highest BCUT2D eigenvalue weighted by Gasteiger charge is 2.09. The molecule has 6 nitrogen and oxygen atoms in total. The van der Waals surface area contributed by atoms with Gasteiger partial charge in [-0.1, -0.05) is 0 Å². The van der Waals surface area contributed by atoms with Crippen molar-refractivity contribution < 1.29 is 0 Å². The molecule has 2 aromatic rings. The SMILES string of the molecule is CC(Cn1cccn1)NCc1cnc(N(C)C)n1C. The van der Waals surface area contributed by atoms with Crippen LogP contribution < -0.4 is 10.2 Å². The standard InChI is InChI=1S/C13H22N6/c1-11(10-19-7-5-6-16-19)14-8-12-9-15-13(17(2)3)18(12)4/h5-7,9,11,14H,8,10H2,1-4H3. The minimum atomic E-state index is 0.359. The van der Waals surface area contributed by atoms with E-state index in [0.29, 0.717) is 6.04 Å². The van der Waals surface area contributed by atoms with E-state index >= 15 is 0 Å². The number of hydrogen-bond acceptors (Lipinski definition) is 4. The molecule has 0 saturated heterocycles. The molecule has 0 aliphatic heterocycles. The molecule has 0 spiro atoms. The Hall–Kier alpha value is -1.82. The quantitative estimate of drug-likeness (QED) is 0.839. The van der Waals surface area contributed by atoms with Crippen LogP contribution in [0.3, 0.4) is 0 Å². The third-order valence-electron chi connectivity index (χ3n) is 3.11. The van der Waals surface area contributed by atoms with E-state index in [-0.39, 0.29) is 0 Å². The number of anilines is 1. The van der Waals surface area contributed by atoms with Gasteiger partial charge in [-0.3, -0.25) is 4.68 Å². The van der Waals surface area contributed by atoms with Gasteiger partial charge in [0, 0.05) is 46.1 Å². The zero-order chi connectivity index (χ0) is 13.8. The van der Waals surface area contributed by atoms with Gasteiger partial charge in [0.05, 0.1) is 18.4 Å². The summed E-state index contributed by atoms with van der Waals surface area (Å²) in [6.45, 7) is 3.83. The minimum Gasteiger partial charge on any atom is -0.348 e. The molecule has 104 valence electrons. The summed E-state index contributed by atoms with van der Waals surface area (Å²) in [5, 5.41) is 7.70. The number of aromatic nitrogens is 4. The largest absolute Gasteiger partial charge is 0.348 e. The van der Waals surface area contributed by atoms with Crippen molar-refractivity contribution in [2.45, 2.75) is 26.1 Å². The smallest absolute Gasteiger partial charge is 0.204 e. The Bertz CT molecular complexity index is 499. The molecule has 0 saturated carbocycles. The maximum atomic E-state index is 4.40. The minimum absolute atomic E-state index is 0.359. The Balaban J connectivity index is 1.88. The summed E-state index contributed by atoms with van der Waals surface area (Å²) in [5.74, 6) is 0.969. The van der Waals surface area contributed by atoms with Crippen LogP contribution in [0.2, 0.25) is 0 Å². The molecule has 2 aromatic heterocycles. The number of imidazole rings is 1. The Labute approximate surface area is 114 Å². The molecule has 0 radical (unpaired) electrons. The summed E-state index contributed by atoms with van der Waals surface area (Å²) < 4.78 is 4.04. The van der Waals surface area contributed by atoms with Gasteiger partial charge in [-0.2, -0.15) is 5.10 Å². The highest BCUT2D eigenvalue weighted by atomic mass is 15.3. The molecule has 0 fully saturated rings. The maximum absolute atomic E-state index is 4.40. The van der Waals surface area contributed by atoms with Crippen LogP contribution in [0.25, 0.3) is 0 Å². The lowest BCUT2D eigenvalue weighted by Crippen LogP contribution is -2.30. The second-order valence-corrected chi connectivity index (χ2v) is 5.01. The average molecular weight is 262 g/mol. The van der Waals surface area contributed by atoms with Crippen LogP contribution in [0.15, 0.2) is 24.7 Å². The molecule has 1 atom stereocenters. The average Bonchev–Trinajstić information content (AvgIpc) is 2.96. The Morgan fingerprint density at radius 2 is 2.21 bits per heavy atom. The van der Waals surface area contributed by atoms with Crippen LogP contribution in [0.1, 0.15) is 12.6 Å². The molecule has 2 rings (SSSR count). The van der Waals surface area contributed by atoms with Gasteiger partial charge in [-0.05, 0) is 13.0 Å². The molecule has 0 aliphatic carbocycles. The molecule has 0 bridgehead atoms. The van der Waals surface area contributed by atoms with Crippen LogP contribution >= 0.6 is 0 Å². The summed E-state index contributed by atoms with van der Waals surface area (Å²) in [6, 6.07) is 2.30. The first-order chi connectivity index (χ1) is 9.08. The number of hydrogen-bond donors (Lipinski definition) is 1. The lowest BCUT2D eigenvalue weighted by atomic mass is 10.3. The van der Waals surface area contributed by atoms with E-state index in [9.17, 15) is 0 Å². The van der Waals surface area contributed by atoms with Gasteiger partial charge >= 0.3 is 0 Å². The van der Waals surface area contributed by atoms with E-state index in [1.54, 1.807) is 6.20 Å². The lowest BCUT2D eigenvalue weighted by molar-refractivity contribution is 0.446. The fourth-order valence-corrected chi connectivity index (χ4v) is 2.05. The highest BCUT2D eigenvalue weighted by Crippen LogP contribution is 2.10. The maximum Gasteiger partial charge on any atom is 0.204 e. The van der Waals surface area contributed by atoms with E-state index in [1.165, 1.54) is 5.69 Å². The van der Waals surface area contributed by atoms with Crippen LogP contribution in [0.5, 0.6) is 0 Å². The van der Waals surface area contributed by atoms with Crippen molar-refractivity contribution >= 4 is 5.95 Å². The number of nitrogens with one attached hydrogen (secondary N) is 1. The fraction of sp³-hybridized carbons (Fsp3) is 0.538. The van der Waals surface area contributed by atoms with Crippen molar-refractivity contribution in [3.05, 3.63) is 30.4 Å². The number of nitrogens with zero attached hydrogens (tertiary/aromatic N) is 5. The fourth-order valence-electron chi connectivity index (χ4n) is 2.05. The van der Waals surface area contributed by atoms with Gasteiger partial charge < -0.3 is 14.8 Å². The molecule has 0 aliphatic rings. The second-order valence-electron chi connectivity index (χ2n) is 5.01. The summed E-state index contributed by atoms with van der Waals surface area (Å²) in [4.78, 5) is 6.41. The van der Waals surface area contributed by atoms with Crippen LogP contribution in [-0.4, -0.2) is 39.5 Å². The highest BCUT2D eigenvalue weighted by molar-refractivity contribution is 5.30. The van der Waals surface area contributed by atoms with Crippen LogP contribution in [0, 0.1) is 0 Å². The van der Waals surface area contributed by atoms with Gasteiger partial charge in [0.25, 0.3) is 0 Å². The molecule has 1 N–H and O–H groups in total. The van der Waals surface area contributed by atoms with Gasteiger partial charge in [0.1, 0.15) is 0 Å². The summed E-state index contributed by atoms with van der Waals surface area (Å²) in [7, 11) is 6.04. The van der Waals surface area contributed by atoms with Crippen LogP contribution in [-0.2, 0) is 20.1 Å². The zero-order valence-electron chi connectivity index (χ0n) is 12.0. The molecular formula is C13H22N6. The second kappa shape index (κ2) is 5.88. The van der Waals surface area contributed by atoms with Crippen molar-refractivity contribution in [1.29, 1.82) is 0 Å². The topological polar surface area (TPSA) is 50.9 Å². The predicted molar refractivity (Wildman–Crippen MR) is 76.1 cm³/mol. The van der Waals surface area contributed by atoms with E-state index in [4.69, 9.17) is 0 Å². The van der Waals surface area contributed by atoms with Gasteiger partial charge in [-0.25, -0.2) is 4.98 Å². The van der Waals surface area contributed by atoms with Gasteiger partial charge in [-0.15, -0.1) is 0 Å². The first-order valence-corrected chi connectivity index (χ1v) is 6.46. The molecule has 1 unspecified atom stereocenters. The van der Waals surface area contributed by atoms with E-state index < -0.39 is 0 Å². The molecule has 0 aromatic carbocycles. The number of rotatable bonds is 6. The third kappa shape index (κ3) is 3.35. The first kappa shape index (κ1) is 13.6. The van der Waals surface area contributed by atoms with Crippen molar-refractivity contribution in [2.75, 3.05) is 19.0 Å². The van der Waals surface area contributed by atoms with Crippen molar-refractivity contribution in [1.82, 2.24) is 24.6 Å². The molecule has 0 amide bonds. The summed E-state index contributed by atoms with van der Waals surface area (Å²) in [6.07, 6.45) is 5.70. The molecule has 2 heterocycles. The predicted octanol–water partition coefficient (Wildman–Crippen LogP) is 0.861. The third-order valence-corrected chi connectivity index (χ3v) is 3.11. The zero-order valence-corrected chi connectivity index (χ0v) is 12.0. The van der Waals surface area contributed by atoms with Gasteiger partial charge in [0.15, 0.2) is 0 Å². The van der Waals surface area contributed by atoms with E-state index in [1.807, 2.05) is 49.2 Å². The van der Waals surface area contributed by atoms with Gasteiger partial charge in [0.2, 0.25) is 5.95 Å². The first-order valence-electron chi connectivity index (χ1n) is 6.46. The van der Waals surface area contributed by atoms with Crippen molar-refractivity contribution in [3.8, 4) is 0 Å². The Morgan fingerprint density at radius 3 is 2.79 bits per heavy atom. The van der Waals surface area contributed by atoms with Crippen molar-refractivity contribution in [3.63, 3.8) is 0 Å². The van der Waals surface area contributed by atoms with E-state index in [2.05, 4.69) is 26.9 Å². The molecule has 19 heavy (non-hydrogen) atoms. The van der Waals surface area contributed by atoms with Crippen molar-refractivity contribution in [2.24, 2.45) is 7.05 Å². The van der Waals surface area contributed by atoms with E-state index in [0.717, 1.165) is 19.0 Å². The normalized spacial score (nSPS) is 12.6. The summed E-state index contributed by atoms with van der Waals surface area (Å²) in [5.41, 5.74) is 1.18. The Kier molecular flexibility index (Phi) is 4.21. The lowest BCUT2D eigenvalue weighted by Gasteiger charge is -2.15. The monoisotopic (exact) mass is 262 g/mol.